The predicted octanol–water partition coefficient (Wildman–Crippen LogP) is 4.96. The summed E-state index contributed by atoms with van der Waals surface area (Å²) in [6.07, 6.45) is 0. The second kappa shape index (κ2) is 8.25. The molecule has 1 aliphatic rings. The number of piperazine rings is 1. The van der Waals surface area contributed by atoms with E-state index < -0.39 is 5.97 Å². The SMILES string of the molecule is CCN1CCN(c2nc3ccc(OC(=O)c4ccc(Cl)cc4Cl)cc3s2)CC1. The molecule has 0 radical (unpaired) electrons. The number of carbonyl (C=O) groups excluding carboxylic acids is 1. The van der Waals surface area contributed by atoms with E-state index in [0.717, 1.165) is 48.1 Å². The molecule has 0 spiro atoms. The molecular weight excluding hydrogens is 417 g/mol. The van der Waals surface area contributed by atoms with Crippen molar-refractivity contribution in [3.8, 4) is 5.75 Å². The molecule has 1 aromatic heterocycles. The Hall–Kier alpha value is -1.86. The van der Waals surface area contributed by atoms with Gasteiger partial charge in [-0.3, -0.25) is 0 Å². The summed E-state index contributed by atoms with van der Waals surface area (Å²) in [7, 11) is 0. The molecule has 0 unspecified atom stereocenters. The average molecular weight is 436 g/mol. The molecule has 0 bridgehead atoms. The molecule has 146 valence electrons. The van der Waals surface area contributed by atoms with E-state index in [1.807, 2.05) is 12.1 Å². The Kier molecular flexibility index (Phi) is 5.73. The van der Waals surface area contributed by atoms with Gasteiger partial charge in [-0.05, 0) is 36.9 Å². The number of thiazole rings is 1. The zero-order chi connectivity index (χ0) is 19.7. The van der Waals surface area contributed by atoms with E-state index in [4.69, 9.17) is 32.9 Å². The van der Waals surface area contributed by atoms with Gasteiger partial charge in [0.25, 0.3) is 0 Å². The van der Waals surface area contributed by atoms with Gasteiger partial charge in [0.15, 0.2) is 5.13 Å². The molecule has 0 amide bonds. The van der Waals surface area contributed by atoms with Gasteiger partial charge in [0.2, 0.25) is 0 Å². The molecule has 2 aromatic carbocycles. The summed E-state index contributed by atoms with van der Waals surface area (Å²) in [5, 5.41) is 1.75. The average Bonchev–Trinajstić information content (AvgIpc) is 3.11. The molecule has 1 saturated heterocycles. The Morgan fingerprint density at radius 2 is 1.93 bits per heavy atom. The highest BCUT2D eigenvalue weighted by atomic mass is 35.5. The summed E-state index contributed by atoms with van der Waals surface area (Å²) < 4.78 is 6.49. The molecule has 3 aromatic rings. The fourth-order valence-electron chi connectivity index (χ4n) is 3.16. The van der Waals surface area contributed by atoms with Crippen molar-refractivity contribution in [1.29, 1.82) is 0 Å². The first-order valence-electron chi connectivity index (χ1n) is 9.08. The van der Waals surface area contributed by atoms with Crippen molar-refractivity contribution in [2.75, 3.05) is 37.6 Å². The minimum Gasteiger partial charge on any atom is -0.423 e. The molecule has 2 heterocycles. The smallest absolute Gasteiger partial charge is 0.345 e. The number of aromatic nitrogens is 1. The quantitative estimate of drug-likeness (QED) is 0.427. The number of rotatable bonds is 4. The van der Waals surface area contributed by atoms with E-state index in [9.17, 15) is 4.79 Å². The fourth-order valence-corrected chi connectivity index (χ4v) is 4.70. The predicted molar refractivity (Wildman–Crippen MR) is 115 cm³/mol. The number of anilines is 1. The largest absolute Gasteiger partial charge is 0.423 e. The minimum atomic E-state index is -0.513. The zero-order valence-corrected chi connectivity index (χ0v) is 17.7. The summed E-state index contributed by atoms with van der Waals surface area (Å²) in [4.78, 5) is 21.9. The summed E-state index contributed by atoms with van der Waals surface area (Å²) in [6, 6.07) is 10.2. The zero-order valence-electron chi connectivity index (χ0n) is 15.3. The standard InChI is InChI=1S/C20H19Cl2N3O2S/c1-2-24-7-9-25(10-8-24)20-23-17-6-4-14(12-18(17)28-20)27-19(26)15-5-3-13(21)11-16(15)22/h3-6,11-12H,2,7-10H2,1H3. The third-order valence-corrected chi connectivity index (χ3v) is 6.43. The molecule has 0 N–H and O–H groups in total. The van der Waals surface area contributed by atoms with Crippen LogP contribution in [-0.4, -0.2) is 48.6 Å². The summed E-state index contributed by atoms with van der Waals surface area (Å²) in [5.74, 6) is -0.0454. The highest BCUT2D eigenvalue weighted by Crippen LogP contribution is 2.32. The molecular formula is C20H19Cl2N3O2S. The van der Waals surface area contributed by atoms with Crippen molar-refractivity contribution in [3.05, 3.63) is 52.0 Å². The molecule has 4 rings (SSSR count). The lowest BCUT2D eigenvalue weighted by molar-refractivity contribution is 0.0735. The monoisotopic (exact) mass is 435 g/mol. The van der Waals surface area contributed by atoms with Crippen molar-refractivity contribution in [2.45, 2.75) is 6.92 Å². The number of carbonyl (C=O) groups is 1. The number of esters is 1. The molecule has 28 heavy (non-hydrogen) atoms. The van der Waals surface area contributed by atoms with Crippen LogP contribution in [0.25, 0.3) is 10.2 Å². The van der Waals surface area contributed by atoms with E-state index in [2.05, 4.69) is 16.7 Å². The Bertz CT molecular complexity index is 1020. The fraction of sp³-hybridized carbons (Fsp3) is 0.300. The maximum atomic E-state index is 12.4. The molecule has 5 nitrogen and oxygen atoms in total. The van der Waals surface area contributed by atoms with E-state index in [0.29, 0.717) is 10.8 Å². The van der Waals surface area contributed by atoms with Gasteiger partial charge < -0.3 is 14.5 Å². The number of benzene rings is 2. The highest BCUT2D eigenvalue weighted by Gasteiger charge is 2.19. The van der Waals surface area contributed by atoms with Crippen molar-refractivity contribution >= 4 is 55.9 Å². The lowest BCUT2D eigenvalue weighted by Crippen LogP contribution is -2.46. The van der Waals surface area contributed by atoms with E-state index in [1.165, 1.54) is 6.07 Å². The van der Waals surface area contributed by atoms with E-state index in [1.54, 1.807) is 29.5 Å². The van der Waals surface area contributed by atoms with Crippen LogP contribution in [-0.2, 0) is 0 Å². The van der Waals surface area contributed by atoms with Crippen LogP contribution in [0.1, 0.15) is 17.3 Å². The highest BCUT2D eigenvalue weighted by molar-refractivity contribution is 7.22. The Morgan fingerprint density at radius 1 is 1.14 bits per heavy atom. The lowest BCUT2D eigenvalue weighted by Gasteiger charge is -2.33. The first kappa shape index (κ1) is 19.5. The maximum Gasteiger partial charge on any atom is 0.345 e. The van der Waals surface area contributed by atoms with Crippen molar-refractivity contribution in [1.82, 2.24) is 9.88 Å². The van der Waals surface area contributed by atoms with Crippen molar-refractivity contribution in [2.24, 2.45) is 0 Å². The van der Waals surface area contributed by atoms with E-state index >= 15 is 0 Å². The first-order valence-corrected chi connectivity index (χ1v) is 10.7. The van der Waals surface area contributed by atoms with Crippen LogP contribution in [0, 0.1) is 0 Å². The summed E-state index contributed by atoms with van der Waals surface area (Å²) in [6.45, 7) is 7.33. The molecule has 1 aliphatic heterocycles. The molecule has 0 aliphatic carbocycles. The number of ether oxygens (including phenoxy) is 1. The maximum absolute atomic E-state index is 12.4. The second-order valence-corrected chi connectivity index (χ2v) is 8.41. The van der Waals surface area contributed by atoms with Crippen LogP contribution in [0.3, 0.4) is 0 Å². The number of halogens is 2. The van der Waals surface area contributed by atoms with Gasteiger partial charge in [-0.2, -0.15) is 0 Å². The van der Waals surface area contributed by atoms with Gasteiger partial charge in [0.1, 0.15) is 5.75 Å². The van der Waals surface area contributed by atoms with Gasteiger partial charge in [0, 0.05) is 37.3 Å². The number of hydrogen-bond acceptors (Lipinski definition) is 6. The Labute approximate surface area is 177 Å². The molecule has 0 saturated carbocycles. The van der Waals surface area contributed by atoms with Crippen LogP contribution in [0.4, 0.5) is 5.13 Å². The number of fused-ring (bicyclic) bond motifs is 1. The van der Waals surface area contributed by atoms with Gasteiger partial charge in [-0.1, -0.05) is 41.5 Å². The molecule has 8 heteroatoms. The molecule has 1 fully saturated rings. The summed E-state index contributed by atoms with van der Waals surface area (Å²) in [5.41, 5.74) is 1.19. The van der Waals surface area contributed by atoms with Gasteiger partial charge in [-0.25, -0.2) is 9.78 Å². The van der Waals surface area contributed by atoms with Gasteiger partial charge in [-0.15, -0.1) is 0 Å². The first-order chi connectivity index (χ1) is 13.5. The van der Waals surface area contributed by atoms with Gasteiger partial charge >= 0.3 is 5.97 Å². The topological polar surface area (TPSA) is 45.7 Å². The van der Waals surface area contributed by atoms with Crippen LogP contribution < -0.4 is 9.64 Å². The van der Waals surface area contributed by atoms with E-state index in [-0.39, 0.29) is 10.6 Å². The number of likely N-dealkylation sites (N-methyl/N-ethyl adjacent to an activating group) is 1. The Morgan fingerprint density at radius 3 is 2.64 bits per heavy atom. The van der Waals surface area contributed by atoms with Gasteiger partial charge in [0.05, 0.1) is 20.8 Å². The van der Waals surface area contributed by atoms with Crippen LogP contribution in [0.5, 0.6) is 5.75 Å². The third kappa shape index (κ3) is 4.10. The Balaban J connectivity index is 1.51. The lowest BCUT2D eigenvalue weighted by atomic mass is 10.2. The summed E-state index contributed by atoms with van der Waals surface area (Å²) >= 11 is 13.6. The van der Waals surface area contributed by atoms with Crippen molar-refractivity contribution < 1.29 is 9.53 Å². The number of hydrogen-bond donors (Lipinski definition) is 0. The molecule has 0 atom stereocenters. The number of nitrogens with zero attached hydrogens (tertiary/aromatic N) is 3. The van der Waals surface area contributed by atoms with Crippen molar-refractivity contribution in [3.63, 3.8) is 0 Å². The second-order valence-electron chi connectivity index (χ2n) is 6.56. The van der Waals surface area contributed by atoms with Crippen LogP contribution in [0.15, 0.2) is 36.4 Å². The third-order valence-electron chi connectivity index (χ3n) is 4.80. The normalized spacial score (nSPS) is 15.2. The minimum absolute atomic E-state index is 0.268. The van der Waals surface area contributed by atoms with Crippen LogP contribution in [0.2, 0.25) is 10.0 Å². The van der Waals surface area contributed by atoms with Crippen LogP contribution >= 0.6 is 34.5 Å².